The van der Waals surface area contributed by atoms with Gasteiger partial charge in [-0.15, -0.1) is 0 Å². The predicted molar refractivity (Wildman–Crippen MR) is 76.3 cm³/mol. The number of nitrogens with one attached hydrogen (secondary N) is 1. The van der Waals surface area contributed by atoms with Crippen molar-refractivity contribution in [3.05, 3.63) is 35.4 Å². The third kappa shape index (κ3) is 5.15. The summed E-state index contributed by atoms with van der Waals surface area (Å²) < 4.78 is 0. The second-order valence-corrected chi connectivity index (χ2v) is 4.91. The van der Waals surface area contributed by atoms with Crippen LogP contribution in [0.2, 0.25) is 0 Å². The van der Waals surface area contributed by atoms with Gasteiger partial charge in [0, 0.05) is 18.0 Å². The van der Waals surface area contributed by atoms with Gasteiger partial charge < -0.3 is 10.4 Å². The highest BCUT2D eigenvalue weighted by Crippen LogP contribution is 2.10. The second-order valence-electron chi connectivity index (χ2n) is 4.91. The van der Waals surface area contributed by atoms with Crippen molar-refractivity contribution in [2.75, 3.05) is 6.61 Å². The van der Waals surface area contributed by atoms with E-state index in [0.717, 1.165) is 11.1 Å². The van der Waals surface area contributed by atoms with Crippen molar-refractivity contribution >= 4 is 5.91 Å². The summed E-state index contributed by atoms with van der Waals surface area (Å²) in [5.74, 6) is 5.88. The standard InChI is InChI=1S/C16H21NO2/c1-12(2)13(3)16(19)17-11-15-7-4-6-14(10-15)8-5-9-18/h4,6-7,10,12-13,18H,9,11H2,1-3H3,(H,17,19). The second kappa shape index (κ2) is 7.60. The quantitative estimate of drug-likeness (QED) is 0.812. The Morgan fingerprint density at radius 2 is 2.11 bits per heavy atom. The van der Waals surface area contributed by atoms with Crippen molar-refractivity contribution in [2.45, 2.75) is 27.3 Å². The van der Waals surface area contributed by atoms with Crippen LogP contribution in [0.25, 0.3) is 0 Å². The molecule has 1 amide bonds. The zero-order chi connectivity index (χ0) is 14.3. The van der Waals surface area contributed by atoms with E-state index in [2.05, 4.69) is 17.2 Å². The Bertz CT molecular complexity index is 483. The number of rotatable bonds is 4. The van der Waals surface area contributed by atoms with Gasteiger partial charge >= 0.3 is 0 Å². The van der Waals surface area contributed by atoms with Crippen molar-refractivity contribution < 1.29 is 9.90 Å². The molecule has 0 heterocycles. The molecule has 0 fully saturated rings. The average Bonchev–Trinajstić information content (AvgIpc) is 2.42. The van der Waals surface area contributed by atoms with Crippen LogP contribution >= 0.6 is 0 Å². The largest absolute Gasteiger partial charge is 0.384 e. The zero-order valence-corrected chi connectivity index (χ0v) is 11.7. The molecule has 0 aliphatic heterocycles. The molecule has 0 saturated heterocycles. The Balaban J connectivity index is 2.61. The topological polar surface area (TPSA) is 49.3 Å². The number of aliphatic hydroxyl groups excluding tert-OH is 1. The first-order valence-corrected chi connectivity index (χ1v) is 6.51. The first kappa shape index (κ1) is 15.3. The van der Waals surface area contributed by atoms with Gasteiger partial charge in [-0.3, -0.25) is 4.79 Å². The zero-order valence-electron chi connectivity index (χ0n) is 11.7. The van der Waals surface area contributed by atoms with Gasteiger partial charge in [0.2, 0.25) is 5.91 Å². The Labute approximate surface area is 115 Å². The number of carbonyl (C=O) groups is 1. The molecule has 1 rings (SSSR count). The van der Waals surface area contributed by atoms with E-state index in [4.69, 9.17) is 5.11 Å². The minimum Gasteiger partial charge on any atom is -0.384 e. The van der Waals surface area contributed by atoms with E-state index in [1.165, 1.54) is 0 Å². The summed E-state index contributed by atoms with van der Waals surface area (Å²) in [4.78, 5) is 11.8. The fraction of sp³-hybridized carbons (Fsp3) is 0.438. The molecule has 0 radical (unpaired) electrons. The molecule has 1 unspecified atom stereocenters. The highest BCUT2D eigenvalue weighted by atomic mass is 16.2. The van der Waals surface area contributed by atoms with Crippen LogP contribution in [-0.4, -0.2) is 17.6 Å². The summed E-state index contributed by atoms with van der Waals surface area (Å²) in [6, 6.07) is 7.65. The van der Waals surface area contributed by atoms with Gasteiger partial charge in [-0.2, -0.15) is 0 Å². The molecule has 3 nitrogen and oxygen atoms in total. The maximum absolute atomic E-state index is 11.8. The van der Waals surface area contributed by atoms with Crippen LogP contribution in [0, 0.1) is 23.7 Å². The molecular formula is C16H21NO2. The van der Waals surface area contributed by atoms with E-state index in [9.17, 15) is 4.79 Å². The Kier molecular flexibility index (Phi) is 6.11. The van der Waals surface area contributed by atoms with Crippen LogP contribution in [-0.2, 0) is 11.3 Å². The first-order chi connectivity index (χ1) is 9.04. The summed E-state index contributed by atoms with van der Waals surface area (Å²) in [5, 5.41) is 11.6. The molecule has 0 aliphatic rings. The summed E-state index contributed by atoms with van der Waals surface area (Å²) in [5.41, 5.74) is 1.85. The van der Waals surface area contributed by atoms with Crippen LogP contribution in [0.1, 0.15) is 31.9 Å². The number of hydrogen-bond donors (Lipinski definition) is 2. The molecule has 19 heavy (non-hydrogen) atoms. The smallest absolute Gasteiger partial charge is 0.223 e. The lowest BCUT2D eigenvalue weighted by molar-refractivity contribution is -0.125. The number of aliphatic hydroxyl groups is 1. The van der Waals surface area contributed by atoms with E-state index in [-0.39, 0.29) is 18.4 Å². The monoisotopic (exact) mass is 259 g/mol. The first-order valence-electron chi connectivity index (χ1n) is 6.51. The van der Waals surface area contributed by atoms with Gasteiger partial charge in [-0.05, 0) is 23.6 Å². The highest BCUT2D eigenvalue weighted by Gasteiger charge is 2.15. The summed E-state index contributed by atoms with van der Waals surface area (Å²) in [6.45, 7) is 6.37. The fourth-order valence-corrected chi connectivity index (χ4v) is 1.55. The van der Waals surface area contributed by atoms with Crippen LogP contribution in [0.3, 0.4) is 0 Å². The van der Waals surface area contributed by atoms with Gasteiger partial charge in [0.1, 0.15) is 6.61 Å². The van der Waals surface area contributed by atoms with Crippen molar-refractivity contribution in [2.24, 2.45) is 11.8 Å². The van der Waals surface area contributed by atoms with E-state index >= 15 is 0 Å². The van der Waals surface area contributed by atoms with Gasteiger partial charge in [0.25, 0.3) is 0 Å². The predicted octanol–water partition coefficient (Wildman–Crippen LogP) is 1.94. The molecule has 2 N–H and O–H groups in total. The lowest BCUT2D eigenvalue weighted by Gasteiger charge is -2.15. The van der Waals surface area contributed by atoms with Gasteiger partial charge in [-0.1, -0.05) is 44.7 Å². The molecule has 0 saturated carbocycles. The summed E-state index contributed by atoms with van der Waals surface area (Å²) in [6.07, 6.45) is 0. The van der Waals surface area contributed by atoms with E-state index in [0.29, 0.717) is 12.5 Å². The molecular weight excluding hydrogens is 238 g/mol. The Morgan fingerprint density at radius 1 is 1.37 bits per heavy atom. The Hall–Kier alpha value is -1.79. The molecule has 0 aliphatic carbocycles. The molecule has 1 aromatic rings. The molecule has 1 atom stereocenters. The molecule has 0 aromatic heterocycles. The van der Waals surface area contributed by atoms with Crippen LogP contribution < -0.4 is 5.32 Å². The highest BCUT2D eigenvalue weighted by molar-refractivity contribution is 5.78. The summed E-state index contributed by atoms with van der Waals surface area (Å²) >= 11 is 0. The van der Waals surface area contributed by atoms with Crippen LogP contribution in [0.4, 0.5) is 0 Å². The van der Waals surface area contributed by atoms with Crippen molar-refractivity contribution in [3.8, 4) is 11.8 Å². The normalized spacial score (nSPS) is 11.6. The van der Waals surface area contributed by atoms with Gasteiger partial charge in [0.05, 0.1) is 0 Å². The molecule has 102 valence electrons. The van der Waals surface area contributed by atoms with E-state index < -0.39 is 0 Å². The van der Waals surface area contributed by atoms with E-state index in [1.54, 1.807) is 0 Å². The Morgan fingerprint density at radius 3 is 2.74 bits per heavy atom. The SMILES string of the molecule is CC(C)C(C)C(=O)NCc1cccc(C#CCO)c1. The van der Waals surface area contributed by atoms with Crippen molar-refractivity contribution in [3.63, 3.8) is 0 Å². The molecule has 0 bridgehead atoms. The number of amides is 1. The average molecular weight is 259 g/mol. The van der Waals surface area contributed by atoms with Crippen LogP contribution in [0.15, 0.2) is 24.3 Å². The minimum absolute atomic E-state index is 0.0114. The van der Waals surface area contributed by atoms with Crippen LogP contribution in [0.5, 0.6) is 0 Å². The number of benzene rings is 1. The third-order valence-electron chi connectivity index (χ3n) is 3.12. The molecule has 0 spiro atoms. The van der Waals surface area contributed by atoms with E-state index in [1.807, 2.05) is 45.0 Å². The maximum Gasteiger partial charge on any atom is 0.223 e. The lowest BCUT2D eigenvalue weighted by Crippen LogP contribution is -2.31. The maximum atomic E-state index is 11.8. The van der Waals surface area contributed by atoms with Gasteiger partial charge in [0.15, 0.2) is 0 Å². The molecule has 1 aromatic carbocycles. The third-order valence-corrected chi connectivity index (χ3v) is 3.12. The molecule has 3 heteroatoms. The summed E-state index contributed by atoms with van der Waals surface area (Å²) in [7, 11) is 0. The lowest BCUT2D eigenvalue weighted by atomic mass is 9.97. The number of hydrogen-bond acceptors (Lipinski definition) is 2. The number of carbonyl (C=O) groups excluding carboxylic acids is 1. The minimum atomic E-state index is -0.146. The van der Waals surface area contributed by atoms with Gasteiger partial charge in [-0.25, -0.2) is 0 Å². The van der Waals surface area contributed by atoms with Crippen molar-refractivity contribution in [1.82, 2.24) is 5.32 Å². The fourth-order valence-electron chi connectivity index (χ4n) is 1.55. The van der Waals surface area contributed by atoms with Crippen molar-refractivity contribution in [1.29, 1.82) is 0 Å².